The summed E-state index contributed by atoms with van der Waals surface area (Å²) in [6.45, 7) is 8.94. The fourth-order valence-corrected chi connectivity index (χ4v) is 10.1. The molecular weight excluding hydrogens is 776 g/mol. The number of ether oxygens (including phenoxy) is 4. The van der Waals surface area contributed by atoms with Crippen LogP contribution < -0.4 is 14.8 Å². The van der Waals surface area contributed by atoms with Crippen molar-refractivity contribution >= 4 is 31.1 Å². The number of anilines is 2. The molecule has 1 saturated heterocycles. The number of benzene rings is 4. The Morgan fingerprint density at radius 1 is 0.850 bits per heavy atom. The lowest BCUT2D eigenvalue weighted by molar-refractivity contribution is -0.0911. The molecular formula is C47H51N6O6P. The molecule has 12 nitrogen and oxygen atoms in total. The zero-order chi connectivity index (χ0) is 41.8. The van der Waals surface area contributed by atoms with E-state index >= 15 is 0 Å². The van der Waals surface area contributed by atoms with Crippen molar-refractivity contribution in [3.05, 3.63) is 132 Å². The van der Waals surface area contributed by atoms with Gasteiger partial charge in [-0.05, 0) is 74.7 Å². The van der Waals surface area contributed by atoms with Crippen LogP contribution in [0, 0.1) is 11.3 Å². The Morgan fingerprint density at radius 2 is 1.48 bits per heavy atom. The number of aromatic nitrogens is 3. The molecule has 310 valence electrons. The Balaban J connectivity index is 1.22. The van der Waals surface area contributed by atoms with Crippen molar-refractivity contribution in [1.29, 1.82) is 5.26 Å². The van der Waals surface area contributed by atoms with Crippen LogP contribution in [0.1, 0.15) is 63.5 Å². The molecule has 4 heterocycles. The largest absolute Gasteiger partial charge is 0.497 e. The maximum atomic E-state index is 9.46. The number of nitrogens with one attached hydrogen (secondary N) is 1. The van der Waals surface area contributed by atoms with Gasteiger partial charge < -0.3 is 37.9 Å². The molecule has 0 spiro atoms. The van der Waals surface area contributed by atoms with Gasteiger partial charge in [0.2, 0.25) is 0 Å². The molecule has 1 unspecified atom stereocenters. The lowest BCUT2D eigenvalue weighted by Gasteiger charge is -2.39. The van der Waals surface area contributed by atoms with Crippen molar-refractivity contribution in [1.82, 2.24) is 19.2 Å². The van der Waals surface area contributed by atoms with E-state index in [2.05, 4.69) is 83.8 Å². The molecule has 0 radical (unpaired) electrons. The maximum Gasteiger partial charge on any atom is 0.259 e. The molecule has 13 heteroatoms. The van der Waals surface area contributed by atoms with E-state index in [4.69, 9.17) is 33.0 Å². The minimum Gasteiger partial charge on any atom is -0.497 e. The van der Waals surface area contributed by atoms with Crippen LogP contribution in [0.5, 0.6) is 11.5 Å². The quantitative estimate of drug-likeness (QED) is 0.0536. The van der Waals surface area contributed by atoms with Gasteiger partial charge in [0.05, 0.1) is 51.4 Å². The van der Waals surface area contributed by atoms with E-state index in [1.54, 1.807) is 20.5 Å². The average Bonchev–Trinajstić information content (AvgIpc) is 3.87. The Labute approximate surface area is 353 Å². The molecule has 0 aliphatic carbocycles. The van der Waals surface area contributed by atoms with Crippen LogP contribution in [-0.4, -0.2) is 70.9 Å². The van der Waals surface area contributed by atoms with E-state index in [1.807, 2.05) is 78.9 Å². The molecule has 0 saturated carbocycles. The van der Waals surface area contributed by atoms with Crippen LogP contribution in [0.15, 0.2) is 116 Å². The summed E-state index contributed by atoms with van der Waals surface area (Å²) < 4.78 is 43.7. The highest BCUT2D eigenvalue weighted by Gasteiger charge is 2.45. The first-order valence-electron chi connectivity index (χ1n) is 20.4. The van der Waals surface area contributed by atoms with Gasteiger partial charge >= 0.3 is 0 Å². The molecule has 8 rings (SSSR count). The molecule has 0 amide bonds. The second kappa shape index (κ2) is 18.1. The van der Waals surface area contributed by atoms with Crippen LogP contribution in [-0.2, 0) is 24.1 Å². The molecule has 1 fully saturated rings. The molecule has 2 aliphatic rings. The molecule has 2 aromatic heterocycles. The Kier molecular flexibility index (Phi) is 12.5. The molecule has 4 atom stereocenters. The van der Waals surface area contributed by atoms with Crippen LogP contribution >= 0.6 is 8.53 Å². The van der Waals surface area contributed by atoms with Gasteiger partial charge in [-0.2, -0.15) is 5.26 Å². The van der Waals surface area contributed by atoms with Gasteiger partial charge in [-0.3, -0.25) is 0 Å². The first-order valence-corrected chi connectivity index (χ1v) is 21.5. The predicted octanol–water partition coefficient (Wildman–Crippen LogP) is 10.1. The first-order chi connectivity index (χ1) is 29.2. The van der Waals surface area contributed by atoms with Crippen LogP contribution in [0.3, 0.4) is 0 Å². The zero-order valence-corrected chi connectivity index (χ0v) is 35.7. The van der Waals surface area contributed by atoms with E-state index in [1.165, 1.54) is 0 Å². The Bertz CT molecular complexity index is 2360. The van der Waals surface area contributed by atoms with Crippen molar-refractivity contribution in [2.75, 3.05) is 32.8 Å². The van der Waals surface area contributed by atoms with Crippen LogP contribution in [0.4, 0.5) is 11.5 Å². The maximum absolute atomic E-state index is 9.46. The number of rotatable bonds is 17. The minimum atomic E-state index is -1.61. The summed E-state index contributed by atoms with van der Waals surface area (Å²) >= 11 is 0. The van der Waals surface area contributed by atoms with Crippen molar-refractivity contribution in [3.63, 3.8) is 0 Å². The summed E-state index contributed by atoms with van der Waals surface area (Å²) in [5, 5.41) is 13.9. The monoisotopic (exact) mass is 826 g/mol. The summed E-state index contributed by atoms with van der Waals surface area (Å²) in [5.74, 6) is 2.23. The third kappa shape index (κ3) is 7.97. The smallest absolute Gasteiger partial charge is 0.259 e. The lowest BCUT2D eigenvalue weighted by Crippen LogP contribution is -2.39. The molecule has 2 aliphatic heterocycles. The number of nitrogens with zero attached hydrogens (tertiary/aromatic N) is 5. The first kappa shape index (κ1) is 41.4. The van der Waals surface area contributed by atoms with Crippen molar-refractivity contribution < 1.29 is 28.0 Å². The van der Waals surface area contributed by atoms with Crippen molar-refractivity contribution in [2.24, 2.45) is 0 Å². The number of para-hydroxylation sites is 1. The highest BCUT2D eigenvalue weighted by atomic mass is 31.2. The number of hydrogen-bond acceptors (Lipinski definition) is 11. The van der Waals surface area contributed by atoms with E-state index in [9.17, 15) is 5.26 Å². The second-order valence-corrected chi connectivity index (χ2v) is 16.8. The second-order valence-electron chi connectivity index (χ2n) is 15.4. The summed E-state index contributed by atoms with van der Waals surface area (Å²) in [6.07, 6.45) is 2.95. The normalized spacial score (nSPS) is 17.8. The van der Waals surface area contributed by atoms with E-state index in [0.717, 1.165) is 61.9 Å². The van der Waals surface area contributed by atoms with Crippen LogP contribution in [0.2, 0.25) is 0 Å². The number of fused-ring (bicyclic) bond motifs is 2. The van der Waals surface area contributed by atoms with Gasteiger partial charge in [-0.25, -0.2) is 14.6 Å². The fraction of sp³-hybridized carbons (Fsp3) is 0.340. The standard InChI is InChI=1S/C47H51N6O6P/c1-31(2)53(32(3)4)60(57-26-12-25-48)59-41-27-43(52-28-39-38-15-10-11-16-40(38)51-45-44(39)46(52)50-30-49-45)58-42(41)29-56-47(33-13-8-7-9-14-33,34-17-21-36(54-5)22-18-34)35-19-23-37(55-6)24-20-35/h7-11,13-24,28,30-32,41-43H,12,26-27,29H2,1-6H3,(H,49,50,51)/t41-,42+,43+,60?/m0/s1. The molecule has 1 N–H and O–H groups in total. The van der Waals surface area contributed by atoms with Crippen LogP contribution in [0.25, 0.3) is 22.2 Å². The van der Waals surface area contributed by atoms with E-state index in [-0.39, 0.29) is 31.7 Å². The minimum absolute atomic E-state index is 0.113. The zero-order valence-electron chi connectivity index (χ0n) is 34.8. The van der Waals surface area contributed by atoms with Gasteiger partial charge in [-0.15, -0.1) is 0 Å². The summed E-state index contributed by atoms with van der Waals surface area (Å²) in [4.78, 5) is 9.43. The summed E-state index contributed by atoms with van der Waals surface area (Å²) in [6, 6.07) is 36.9. The Morgan fingerprint density at radius 3 is 2.12 bits per heavy atom. The number of methoxy groups -OCH3 is 2. The average molecular weight is 827 g/mol. The van der Waals surface area contributed by atoms with E-state index < -0.39 is 32.6 Å². The lowest BCUT2D eigenvalue weighted by atomic mass is 9.80. The van der Waals surface area contributed by atoms with Crippen molar-refractivity contribution in [2.45, 2.75) is 76.7 Å². The summed E-state index contributed by atoms with van der Waals surface area (Å²) in [7, 11) is 1.71. The topological polar surface area (TPSA) is 125 Å². The third-order valence-electron chi connectivity index (χ3n) is 11.1. The SMILES string of the molecule is COc1ccc(C(OC[C@H]2O[C@@H](n3cc4c5c(ncnc53)Nc3ccccc3-4)C[C@@H]2OP(OCCC#N)N(C(C)C)C(C)C)(c2ccccc2)c2ccc(OC)cc2)cc1. The highest BCUT2D eigenvalue weighted by Crippen LogP contribution is 2.52. The number of nitriles is 1. The molecule has 6 aromatic rings. The molecule has 0 bridgehead atoms. The third-order valence-corrected chi connectivity index (χ3v) is 13.3. The van der Waals surface area contributed by atoms with Gasteiger partial charge in [0.25, 0.3) is 8.53 Å². The van der Waals surface area contributed by atoms with Gasteiger partial charge in [-0.1, -0.05) is 72.8 Å². The van der Waals surface area contributed by atoms with Crippen molar-refractivity contribution in [3.8, 4) is 28.7 Å². The van der Waals surface area contributed by atoms with Gasteiger partial charge in [0.1, 0.15) is 47.2 Å². The van der Waals surface area contributed by atoms with Gasteiger partial charge in [0, 0.05) is 41.5 Å². The number of hydrogen-bond donors (Lipinski definition) is 1. The summed E-state index contributed by atoms with van der Waals surface area (Å²) in [5.41, 5.74) is 5.53. The molecule has 60 heavy (non-hydrogen) atoms. The van der Waals surface area contributed by atoms with Gasteiger partial charge in [0.15, 0.2) is 0 Å². The van der Waals surface area contributed by atoms with E-state index in [0.29, 0.717) is 6.42 Å². The fourth-order valence-electron chi connectivity index (χ4n) is 8.38. The highest BCUT2D eigenvalue weighted by molar-refractivity contribution is 7.44. The Hall–Kier alpha value is -5.38. The molecule has 4 aromatic carbocycles. The predicted molar refractivity (Wildman–Crippen MR) is 233 cm³/mol.